The zero-order valence-electron chi connectivity index (χ0n) is 9.06. The lowest BCUT2D eigenvalue weighted by Gasteiger charge is -2.25. The molecule has 0 aliphatic heterocycles. The number of halogens is 1. The molecule has 78 valence electrons. The number of rotatable bonds is 3. The molecule has 14 heavy (non-hydrogen) atoms. The summed E-state index contributed by atoms with van der Waals surface area (Å²) in [7, 11) is 0. The van der Waals surface area contributed by atoms with E-state index in [0.717, 1.165) is 17.8 Å². The second-order valence-corrected chi connectivity index (χ2v) is 4.37. The van der Waals surface area contributed by atoms with Gasteiger partial charge in [0.05, 0.1) is 0 Å². The third-order valence-corrected chi connectivity index (χ3v) is 2.47. The number of anilines is 1. The van der Waals surface area contributed by atoms with Gasteiger partial charge in [0.15, 0.2) is 0 Å². The fourth-order valence-electron chi connectivity index (χ4n) is 0.956. The van der Waals surface area contributed by atoms with Crippen molar-refractivity contribution in [1.29, 1.82) is 0 Å². The van der Waals surface area contributed by atoms with Crippen LogP contribution in [0.5, 0.6) is 0 Å². The predicted octanol–water partition coefficient (Wildman–Crippen LogP) is 3.04. The quantitative estimate of drug-likeness (QED) is 0.785. The summed E-state index contributed by atoms with van der Waals surface area (Å²) in [5, 5.41) is 3.62. The maximum absolute atomic E-state index is 5.73. The highest BCUT2D eigenvalue weighted by Gasteiger charge is 2.16. The third-order valence-electron chi connectivity index (χ3n) is 2.28. The molecule has 1 aromatic rings. The van der Waals surface area contributed by atoms with Crippen LogP contribution >= 0.6 is 11.6 Å². The zero-order valence-corrected chi connectivity index (χ0v) is 9.81. The second-order valence-electron chi connectivity index (χ2n) is 4.03. The summed E-state index contributed by atoms with van der Waals surface area (Å²) in [6.07, 6.45) is 2.75. The SMILES string of the molecule is CCC(C)(C)Nc1nc(Cl)ncc1C. The Morgan fingerprint density at radius 1 is 1.50 bits per heavy atom. The highest BCUT2D eigenvalue weighted by molar-refractivity contribution is 6.28. The molecule has 0 atom stereocenters. The molecule has 0 saturated carbocycles. The smallest absolute Gasteiger partial charge is 0.224 e. The van der Waals surface area contributed by atoms with Crippen LogP contribution < -0.4 is 5.32 Å². The summed E-state index contributed by atoms with van der Waals surface area (Å²) < 4.78 is 0. The first-order chi connectivity index (χ1) is 6.44. The van der Waals surface area contributed by atoms with E-state index < -0.39 is 0 Å². The van der Waals surface area contributed by atoms with Gasteiger partial charge in [-0.1, -0.05) is 6.92 Å². The summed E-state index contributed by atoms with van der Waals surface area (Å²) in [6, 6.07) is 0. The Balaban J connectivity index is 2.91. The minimum Gasteiger partial charge on any atom is -0.365 e. The number of aromatic nitrogens is 2. The maximum Gasteiger partial charge on any atom is 0.224 e. The van der Waals surface area contributed by atoms with Gasteiger partial charge in [-0.15, -0.1) is 0 Å². The van der Waals surface area contributed by atoms with Gasteiger partial charge in [0.25, 0.3) is 0 Å². The molecule has 0 amide bonds. The molecule has 1 rings (SSSR count). The average molecular weight is 214 g/mol. The zero-order chi connectivity index (χ0) is 10.8. The van der Waals surface area contributed by atoms with Crippen molar-refractivity contribution in [3.05, 3.63) is 17.0 Å². The summed E-state index contributed by atoms with van der Waals surface area (Å²) in [5.41, 5.74) is 1.04. The van der Waals surface area contributed by atoms with Crippen LogP contribution in [-0.4, -0.2) is 15.5 Å². The first-order valence-corrected chi connectivity index (χ1v) is 5.10. The number of aryl methyl sites for hydroxylation is 1. The lowest BCUT2D eigenvalue weighted by atomic mass is 10.0. The molecular formula is C10H16ClN3. The fraction of sp³-hybridized carbons (Fsp3) is 0.600. The van der Waals surface area contributed by atoms with Gasteiger partial charge in [-0.3, -0.25) is 0 Å². The summed E-state index contributed by atoms with van der Waals surface area (Å²) in [5.74, 6) is 0.817. The molecule has 0 aromatic carbocycles. The average Bonchev–Trinajstić information content (AvgIpc) is 2.11. The van der Waals surface area contributed by atoms with Crippen LogP contribution in [0.3, 0.4) is 0 Å². The molecule has 1 heterocycles. The Morgan fingerprint density at radius 2 is 2.14 bits per heavy atom. The Labute approximate surface area is 89.9 Å². The highest BCUT2D eigenvalue weighted by Crippen LogP contribution is 2.19. The van der Waals surface area contributed by atoms with Crippen molar-refractivity contribution in [2.24, 2.45) is 0 Å². The van der Waals surface area contributed by atoms with Crippen molar-refractivity contribution < 1.29 is 0 Å². The molecule has 0 spiro atoms. The summed E-state index contributed by atoms with van der Waals surface area (Å²) >= 11 is 5.73. The largest absolute Gasteiger partial charge is 0.365 e. The molecule has 0 bridgehead atoms. The first kappa shape index (κ1) is 11.2. The maximum atomic E-state index is 5.73. The number of nitrogens with zero attached hydrogens (tertiary/aromatic N) is 2. The van der Waals surface area contributed by atoms with Gasteiger partial charge in [0.2, 0.25) is 5.28 Å². The third kappa shape index (κ3) is 2.84. The monoisotopic (exact) mass is 213 g/mol. The van der Waals surface area contributed by atoms with Crippen LogP contribution in [0.15, 0.2) is 6.20 Å². The number of hydrogen-bond donors (Lipinski definition) is 1. The van der Waals surface area contributed by atoms with E-state index in [2.05, 4.69) is 36.1 Å². The van der Waals surface area contributed by atoms with Crippen LogP contribution in [0.25, 0.3) is 0 Å². The molecule has 1 N–H and O–H groups in total. The van der Waals surface area contributed by atoms with E-state index in [-0.39, 0.29) is 10.8 Å². The second kappa shape index (κ2) is 4.13. The van der Waals surface area contributed by atoms with E-state index in [1.807, 2.05) is 6.92 Å². The van der Waals surface area contributed by atoms with Gasteiger partial charge in [0, 0.05) is 17.3 Å². The highest BCUT2D eigenvalue weighted by atomic mass is 35.5. The van der Waals surface area contributed by atoms with Gasteiger partial charge in [-0.05, 0) is 38.8 Å². The van der Waals surface area contributed by atoms with Gasteiger partial charge in [-0.2, -0.15) is 0 Å². The van der Waals surface area contributed by atoms with Gasteiger partial charge < -0.3 is 5.32 Å². The lowest BCUT2D eigenvalue weighted by Crippen LogP contribution is -2.30. The van der Waals surface area contributed by atoms with E-state index in [9.17, 15) is 0 Å². The predicted molar refractivity (Wildman–Crippen MR) is 59.8 cm³/mol. The van der Waals surface area contributed by atoms with Crippen LogP contribution in [0.1, 0.15) is 32.8 Å². The minimum absolute atomic E-state index is 0.0302. The molecule has 4 heteroatoms. The lowest BCUT2D eigenvalue weighted by molar-refractivity contribution is 0.544. The van der Waals surface area contributed by atoms with E-state index in [1.54, 1.807) is 6.20 Å². The van der Waals surface area contributed by atoms with Gasteiger partial charge in [0.1, 0.15) is 5.82 Å². The van der Waals surface area contributed by atoms with E-state index in [0.29, 0.717) is 0 Å². The minimum atomic E-state index is 0.0302. The Kier molecular flexibility index (Phi) is 3.32. The van der Waals surface area contributed by atoms with Crippen LogP contribution in [0.2, 0.25) is 5.28 Å². The van der Waals surface area contributed by atoms with Crippen molar-refractivity contribution in [1.82, 2.24) is 9.97 Å². The molecule has 0 aliphatic rings. The van der Waals surface area contributed by atoms with Crippen molar-refractivity contribution in [2.75, 3.05) is 5.32 Å². The molecule has 0 saturated heterocycles. The normalized spacial score (nSPS) is 11.5. The fourth-order valence-corrected chi connectivity index (χ4v) is 1.09. The van der Waals surface area contributed by atoms with Crippen LogP contribution in [0.4, 0.5) is 5.82 Å². The molecule has 0 aliphatic carbocycles. The van der Waals surface area contributed by atoms with E-state index >= 15 is 0 Å². The van der Waals surface area contributed by atoms with Gasteiger partial charge >= 0.3 is 0 Å². The number of nitrogens with one attached hydrogen (secondary N) is 1. The summed E-state index contributed by atoms with van der Waals surface area (Å²) in [4.78, 5) is 8.06. The van der Waals surface area contributed by atoms with Crippen molar-refractivity contribution in [3.8, 4) is 0 Å². The van der Waals surface area contributed by atoms with Gasteiger partial charge in [-0.25, -0.2) is 9.97 Å². The standard InChI is InChI=1S/C10H16ClN3/c1-5-10(3,4)14-8-7(2)6-12-9(11)13-8/h6H,5H2,1-4H3,(H,12,13,14). The Bertz CT molecular complexity index is 323. The molecule has 1 aromatic heterocycles. The Hall–Kier alpha value is -0.830. The van der Waals surface area contributed by atoms with Crippen molar-refractivity contribution in [3.63, 3.8) is 0 Å². The number of hydrogen-bond acceptors (Lipinski definition) is 3. The topological polar surface area (TPSA) is 37.8 Å². The van der Waals surface area contributed by atoms with Crippen molar-refractivity contribution in [2.45, 2.75) is 39.7 Å². The van der Waals surface area contributed by atoms with Crippen LogP contribution in [-0.2, 0) is 0 Å². The Morgan fingerprint density at radius 3 is 2.71 bits per heavy atom. The molecule has 3 nitrogen and oxygen atoms in total. The molecule has 0 unspecified atom stereocenters. The van der Waals surface area contributed by atoms with E-state index in [4.69, 9.17) is 11.6 Å². The summed E-state index contributed by atoms with van der Waals surface area (Å²) in [6.45, 7) is 8.35. The molecule has 0 fully saturated rings. The molecule has 0 radical (unpaired) electrons. The van der Waals surface area contributed by atoms with E-state index in [1.165, 1.54) is 0 Å². The first-order valence-electron chi connectivity index (χ1n) is 4.72. The van der Waals surface area contributed by atoms with Crippen molar-refractivity contribution >= 4 is 17.4 Å². The molecular weight excluding hydrogens is 198 g/mol. The van der Waals surface area contributed by atoms with Crippen LogP contribution in [0, 0.1) is 6.92 Å².